The van der Waals surface area contributed by atoms with Crippen molar-refractivity contribution in [2.75, 3.05) is 44.7 Å². The molecule has 3 unspecified atom stereocenters. The number of likely N-dealkylation sites (tertiary alicyclic amines) is 1. The minimum absolute atomic E-state index is 0.132. The summed E-state index contributed by atoms with van der Waals surface area (Å²) in [5, 5.41) is 6.69. The average molecular weight is 686 g/mol. The van der Waals surface area contributed by atoms with Crippen LogP contribution >= 0.6 is 0 Å². The van der Waals surface area contributed by atoms with Crippen molar-refractivity contribution in [3.8, 4) is 0 Å². The molecule has 3 aliphatic rings. The maximum absolute atomic E-state index is 13.0. The van der Waals surface area contributed by atoms with Crippen LogP contribution in [0.25, 0.3) is 0 Å². The number of nitrogens with zero attached hydrogens (tertiary/aromatic N) is 6. The molecule has 11 nitrogen and oxygen atoms in total. The molecule has 4 heterocycles. The van der Waals surface area contributed by atoms with Crippen LogP contribution in [-0.2, 0) is 33.6 Å². The fraction of sp³-hybridized carbons (Fsp3) is 0.486. The van der Waals surface area contributed by atoms with Gasteiger partial charge in [0, 0.05) is 81.8 Å². The lowest BCUT2D eigenvalue weighted by molar-refractivity contribution is 0.00203. The number of aryl methyl sites for hydroxylation is 1. The standard InChI is InChI=1S/C37H47N7O4S/c1-38-36(45)48-35-10-6-9-34(35)37(26-43-20-17-39-27-43,29-7-4-3-5-8-29)30-15-18-42(19-16-30)22-28-23-44(24-28)31-11-13-32(14-12-31)49(46,47)33-21-40-41(2)25-33/h3-5,7-8,11-14,17,20-21,25,27-28,30,34-35H,6,9-10,15-16,18-19,22-24,26H2,1-2H3,(H,38,45). The van der Waals surface area contributed by atoms with Gasteiger partial charge in [0.1, 0.15) is 11.0 Å². The topological polar surface area (TPSA) is 115 Å². The van der Waals surface area contributed by atoms with Gasteiger partial charge in [0.25, 0.3) is 0 Å². The third-order valence-corrected chi connectivity index (χ3v) is 12.9. The van der Waals surface area contributed by atoms with E-state index in [0.717, 1.165) is 77.1 Å². The van der Waals surface area contributed by atoms with E-state index in [1.165, 1.54) is 22.6 Å². The first-order valence-corrected chi connectivity index (χ1v) is 19.0. The number of benzene rings is 2. The van der Waals surface area contributed by atoms with E-state index in [4.69, 9.17) is 4.74 Å². The number of aromatic nitrogens is 4. The maximum Gasteiger partial charge on any atom is 0.407 e. The molecule has 4 aromatic rings. The predicted molar refractivity (Wildman–Crippen MR) is 187 cm³/mol. The van der Waals surface area contributed by atoms with Gasteiger partial charge in [0.05, 0.1) is 17.4 Å². The smallest absolute Gasteiger partial charge is 0.407 e. The molecule has 0 bridgehead atoms. The Morgan fingerprint density at radius 1 is 1.00 bits per heavy atom. The molecule has 2 saturated heterocycles. The third-order valence-electron chi connectivity index (χ3n) is 11.2. The van der Waals surface area contributed by atoms with Crippen LogP contribution in [0.5, 0.6) is 0 Å². The Morgan fingerprint density at radius 3 is 2.41 bits per heavy atom. The molecule has 1 aliphatic carbocycles. The molecule has 49 heavy (non-hydrogen) atoms. The van der Waals surface area contributed by atoms with E-state index in [1.54, 1.807) is 26.2 Å². The van der Waals surface area contributed by atoms with Crippen molar-refractivity contribution in [1.29, 1.82) is 0 Å². The van der Waals surface area contributed by atoms with Crippen LogP contribution in [0.1, 0.15) is 37.7 Å². The summed E-state index contributed by atoms with van der Waals surface area (Å²) in [6, 6.07) is 18.2. The zero-order valence-electron chi connectivity index (χ0n) is 28.4. The number of amides is 1. The molecule has 1 saturated carbocycles. The molecule has 0 spiro atoms. The van der Waals surface area contributed by atoms with E-state index >= 15 is 0 Å². The zero-order valence-corrected chi connectivity index (χ0v) is 29.2. The summed E-state index contributed by atoms with van der Waals surface area (Å²) in [5.41, 5.74) is 2.18. The van der Waals surface area contributed by atoms with Crippen LogP contribution in [0, 0.1) is 17.8 Å². The molecule has 2 aliphatic heterocycles. The van der Waals surface area contributed by atoms with Gasteiger partial charge in [-0.1, -0.05) is 30.3 Å². The molecule has 2 aromatic carbocycles. The lowest BCUT2D eigenvalue weighted by Gasteiger charge is -2.51. The van der Waals surface area contributed by atoms with Crippen molar-refractivity contribution >= 4 is 21.6 Å². The number of nitrogens with one attached hydrogen (secondary N) is 1. The Hall–Kier alpha value is -4.16. The first-order valence-electron chi connectivity index (χ1n) is 17.5. The predicted octanol–water partition coefficient (Wildman–Crippen LogP) is 4.76. The van der Waals surface area contributed by atoms with Gasteiger partial charge in [-0.15, -0.1) is 0 Å². The van der Waals surface area contributed by atoms with Crippen LogP contribution in [0.3, 0.4) is 0 Å². The normalized spacial score (nSPS) is 22.0. The van der Waals surface area contributed by atoms with Gasteiger partial charge in [0.2, 0.25) is 9.84 Å². The second-order valence-corrected chi connectivity index (χ2v) is 16.0. The number of hydrogen-bond donors (Lipinski definition) is 1. The number of alkyl carbamates (subject to hydrolysis) is 1. The van der Waals surface area contributed by atoms with E-state index in [-0.39, 0.29) is 33.3 Å². The van der Waals surface area contributed by atoms with E-state index in [0.29, 0.717) is 11.8 Å². The molecule has 3 atom stereocenters. The average Bonchev–Trinajstić information content (AvgIpc) is 3.89. The summed E-state index contributed by atoms with van der Waals surface area (Å²) >= 11 is 0. The lowest BCUT2D eigenvalue weighted by Crippen LogP contribution is -2.55. The zero-order chi connectivity index (χ0) is 34.0. The van der Waals surface area contributed by atoms with Gasteiger partial charge in [-0.3, -0.25) is 4.68 Å². The number of anilines is 1. The van der Waals surface area contributed by atoms with Crippen LogP contribution in [0.15, 0.2) is 95.5 Å². The number of rotatable bonds is 11. The molecule has 3 fully saturated rings. The quantitative estimate of drug-likeness (QED) is 0.241. The molecule has 2 aromatic heterocycles. The van der Waals surface area contributed by atoms with Crippen LogP contribution in [-0.4, -0.2) is 84.6 Å². The number of carbonyl (C=O) groups is 1. The molecular weight excluding hydrogens is 639 g/mol. The largest absolute Gasteiger partial charge is 0.446 e. The monoisotopic (exact) mass is 685 g/mol. The third kappa shape index (κ3) is 6.72. The SMILES string of the molecule is CNC(=O)OC1CCCC1C(Cn1ccnc1)(c1ccccc1)C1CCN(CC2CN(c3ccc(S(=O)(=O)c4cnn(C)c4)cc3)C2)CC1. The number of ether oxygens (including phenoxy) is 1. The Morgan fingerprint density at radius 2 is 1.76 bits per heavy atom. The highest BCUT2D eigenvalue weighted by atomic mass is 32.2. The van der Waals surface area contributed by atoms with Gasteiger partial charge in [-0.05, 0) is 80.9 Å². The molecule has 7 rings (SSSR count). The van der Waals surface area contributed by atoms with Crippen LogP contribution < -0.4 is 10.2 Å². The number of imidazole rings is 1. The van der Waals surface area contributed by atoms with E-state index in [9.17, 15) is 13.2 Å². The van der Waals surface area contributed by atoms with Crippen LogP contribution in [0.2, 0.25) is 0 Å². The highest BCUT2D eigenvalue weighted by molar-refractivity contribution is 7.91. The number of piperidine rings is 1. The Labute approximate surface area is 289 Å². The number of carbonyl (C=O) groups excluding carboxylic acids is 1. The molecule has 1 amide bonds. The van der Waals surface area contributed by atoms with Crippen molar-refractivity contribution < 1.29 is 17.9 Å². The molecule has 260 valence electrons. The summed E-state index contributed by atoms with van der Waals surface area (Å²) in [6.07, 6.45) is 13.4. The Balaban J connectivity index is 1.02. The number of sulfone groups is 1. The second kappa shape index (κ2) is 14.0. The fourth-order valence-electron chi connectivity index (χ4n) is 8.78. The summed E-state index contributed by atoms with van der Waals surface area (Å²) in [6.45, 7) is 5.86. The van der Waals surface area contributed by atoms with Crippen molar-refractivity contribution in [2.45, 2.75) is 60.0 Å². The van der Waals surface area contributed by atoms with E-state index in [2.05, 4.69) is 66.3 Å². The fourth-order valence-corrected chi connectivity index (χ4v) is 10.0. The minimum Gasteiger partial charge on any atom is -0.446 e. The van der Waals surface area contributed by atoms with Crippen LogP contribution in [0.4, 0.5) is 10.5 Å². The Kier molecular flexibility index (Phi) is 9.52. The summed E-state index contributed by atoms with van der Waals surface area (Å²) < 4.78 is 35.7. The summed E-state index contributed by atoms with van der Waals surface area (Å²) in [4.78, 5) is 22.3. The highest BCUT2D eigenvalue weighted by Gasteiger charge is 2.53. The van der Waals surface area contributed by atoms with Crippen molar-refractivity contribution in [3.05, 3.63) is 91.3 Å². The first-order chi connectivity index (χ1) is 23.8. The molecule has 0 radical (unpaired) electrons. The minimum atomic E-state index is -3.58. The molecule has 12 heteroatoms. The summed E-state index contributed by atoms with van der Waals surface area (Å²) in [7, 11) is -0.237. The molecular formula is C37H47N7O4S. The van der Waals surface area contributed by atoms with Crippen molar-refractivity contribution in [1.82, 2.24) is 29.5 Å². The molecule has 1 N–H and O–H groups in total. The van der Waals surface area contributed by atoms with Gasteiger partial charge >= 0.3 is 6.09 Å². The van der Waals surface area contributed by atoms with E-state index in [1.807, 2.05) is 24.7 Å². The second-order valence-electron chi connectivity index (χ2n) is 14.1. The first kappa shape index (κ1) is 33.3. The van der Waals surface area contributed by atoms with Crippen molar-refractivity contribution in [3.63, 3.8) is 0 Å². The van der Waals surface area contributed by atoms with Gasteiger partial charge in [-0.25, -0.2) is 18.2 Å². The lowest BCUT2D eigenvalue weighted by atomic mass is 9.58. The van der Waals surface area contributed by atoms with Gasteiger partial charge < -0.3 is 24.4 Å². The Bertz CT molecular complexity index is 1800. The summed E-state index contributed by atoms with van der Waals surface area (Å²) in [5.74, 6) is 1.20. The maximum atomic E-state index is 13.0. The van der Waals surface area contributed by atoms with Gasteiger partial charge in [-0.2, -0.15) is 5.10 Å². The van der Waals surface area contributed by atoms with Crippen molar-refractivity contribution in [2.24, 2.45) is 24.8 Å². The van der Waals surface area contributed by atoms with E-state index < -0.39 is 9.84 Å². The highest BCUT2D eigenvalue weighted by Crippen LogP contribution is 2.52. The van der Waals surface area contributed by atoms with Gasteiger partial charge in [0.15, 0.2) is 0 Å². The number of hydrogen-bond acceptors (Lipinski definition) is 8.